The third kappa shape index (κ3) is 3.67. The van der Waals surface area contributed by atoms with Crippen molar-refractivity contribution in [2.75, 3.05) is 5.32 Å². The zero-order valence-corrected chi connectivity index (χ0v) is 15.6. The second-order valence-corrected chi connectivity index (χ2v) is 7.64. The highest BCUT2D eigenvalue weighted by Crippen LogP contribution is 2.40. The first-order valence-corrected chi connectivity index (χ1v) is 9.56. The Balaban J connectivity index is 1.65. The molecule has 3 aromatic rings. The van der Waals surface area contributed by atoms with E-state index in [9.17, 15) is 0 Å². The average molecular weight is 371 g/mol. The molecule has 27 heavy (non-hydrogen) atoms. The topological polar surface area (TPSA) is 74.5 Å². The van der Waals surface area contributed by atoms with Gasteiger partial charge >= 0.3 is 0 Å². The number of pyridine rings is 1. The Morgan fingerprint density at radius 2 is 2.15 bits per heavy atom. The normalized spacial score (nSPS) is 14.2. The van der Waals surface area contributed by atoms with Gasteiger partial charge in [0.2, 0.25) is 0 Å². The quantitative estimate of drug-likeness (QED) is 0.650. The molecule has 1 aliphatic rings. The van der Waals surface area contributed by atoms with E-state index in [1.807, 2.05) is 25.3 Å². The first kappa shape index (κ1) is 17.2. The zero-order chi connectivity index (χ0) is 18.8. The standard InChI is InChI=1S/C21H17N5S/c1-3-14-12-24-21(18-7-6-17(27-18)13(2)11-22)26-20(14)25-19-10-16(8-9-23-19)15-4-5-15/h1,6-10,12-13,15H,4-5H2,2H3,(H,23,24,25,26). The van der Waals surface area contributed by atoms with Gasteiger partial charge in [-0.2, -0.15) is 5.26 Å². The van der Waals surface area contributed by atoms with Gasteiger partial charge in [0.05, 0.1) is 22.4 Å². The maximum absolute atomic E-state index is 9.10. The van der Waals surface area contributed by atoms with Crippen molar-refractivity contribution in [3.8, 4) is 29.1 Å². The number of nitriles is 1. The molecule has 4 rings (SSSR count). The molecule has 1 fully saturated rings. The van der Waals surface area contributed by atoms with Gasteiger partial charge in [-0.1, -0.05) is 5.92 Å². The lowest BCUT2D eigenvalue weighted by atomic mass is 10.2. The lowest BCUT2D eigenvalue weighted by molar-refractivity contribution is 1.01. The Labute approximate surface area is 162 Å². The Morgan fingerprint density at radius 3 is 2.89 bits per heavy atom. The van der Waals surface area contributed by atoms with E-state index < -0.39 is 0 Å². The predicted octanol–water partition coefficient (Wildman–Crippen LogP) is 4.83. The van der Waals surface area contributed by atoms with Crippen molar-refractivity contribution in [1.29, 1.82) is 5.26 Å². The molecule has 3 heterocycles. The van der Waals surface area contributed by atoms with Crippen LogP contribution in [0.25, 0.3) is 10.7 Å². The van der Waals surface area contributed by atoms with Crippen LogP contribution in [-0.4, -0.2) is 15.0 Å². The Morgan fingerprint density at radius 1 is 1.30 bits per heavy atom. The van der Waals surface area contributed by atoms with E-state index in [-0.39, 0.29) is 5.92 Å². The molecule has 6 heteroatoms. The summed E-state index contributed by atoms with van der Waals surface area (Å²) < 4.78 is 0. The molecule has 0 radical (unpaired) electrons. The van der Waals surface area contributed by atoms with Crippen LogP contribution in [0.1, 0.15) is 47.6 Å². The summed E-state index contributed by atoms with van der Waals surface area (Å²) in [4.78, 5) is 15.3. The van der Waals surface area contributed by atoms with Crippen molar-refractivity contribution >= 4 is 23.0 Å². The number of aromatic nitrogens is 3. The van der Waals surface area contributed by atoms with Crippen LogP contribution in [0.2, 0.25) is 0 Å². The minimum atomic E-state index is -0.152. The van der Waals surface area contributed by atoms with Crippen LogP contribution in [0.3, 0.4) is 0 Å². The van der Waals surface area contributed by atoms with Crippen molar-refractivity contribution in [3.05, 3.63) is 52.7 Å². The van der Waals surface area contributed by atoms with E-state index in [4.69, 9.17) is 11.7 Å². The Bertz CT molecular complexity index is 1070. The minimum absolute atomic E-state index is 0.152. The van der Waals surface area contributed by atoms with Crippen LogP contribution >= 0.6 is 11.3 Å². The highest BCUT2D eigenvalue weighted by atomic mass is 32.1. The van der Waals surface area contributed by atoms with E-state index in [0.29, 0.717) is 23.1 Å². The second kappa shape index (κ2) is 7.19. The number of anilines is 2. The second-order valence-electron chi connectivity index (χ2n) is 6.53. The molecule has 132 valence electrons. The maximum Gasteiger partial charge on any atom is 0.171 e. The molecule has 1 aliphatic carbocycles. The van der Waals surface area contributed by atoms with Crippen molar-refractivity contribution < 1.29 is 0 Å². The first-order valence-electron chi connectivity index (χ1n) is 8.74. The van der Waals surface area contributed by atoms with Crippen LogP contribution in [0.4, 0.5) is 11.6 Å². The van der Waals surface area contributed by atoms with E-state index in [1.54, 1.807) is 6.20 Å². The molecule has 0 aromatic carbocycles. The van der Waals surface area contributed by atoms with Gasteiger partial charge in [0.15, 0.2) is 11.6 Å². The summed E-state index contributed by atoms with van der Waals surface area (Å²) in [7, 11) is 0. The Kier molecular flexibility index (Phi) is 4.58. The van der Waals surface area contributed by atoms with Gasteiger partial charge in [-0.3, -0.25) is 0 Å². The minimum Gasteiger partial charge on any atom is -0.324 e. The number of thiophene rings is 1. The zero-order valence-electron chi connectivity index (χ0n) is 14.8. The summed E-state index contributed by atoms with van der Waals surface area (Å²) in [5.41, 5.74) is 1.87. The molecule has 1 saturated carbocycles. The molecule has 0 bridgehead atoms. The van der Waals surface area contributed by atoms with Gasteiger partial charge in [-0.25, -0.2) is 15.0 Å². The molecule has 0 aliphatic heterocycles. The van der Waals surface area contributed by atoms with Gasteiger partial charge in [-0.05, 0) is 55.5 Å². The summed E-state index contributed by atoms with van der Waals surface area (Å²) in [6.45, 7) is 1.88. The lowest BCUT2D eigenvalue weighted by Gasteiger charge is -2.09. The van der Waals surface area contributed by atoms with Crippen LogP contribution in [0.15, 0.2) is 36.7 Å². The third-order valence-corrected chi connectivity index (χ3v) is 5.75. The van der Waals surface area contributed by atoms with Gasteiger partial charge in [0.25, 0.3) is 0 Å². The van der Waals surface area contributed by atoms with Gasteiger partial charge in [0, 0.05) is 17.3 Å². The largest absolute Gasteiger partial charge is 0.324 e. The first-order chi connectivity index (χ1) is 13.2. The molecule has 0 amide bonds. The smallest absolute Gasteiger partial charge is 0.171 e. The number of nitrogens with one attached hydrogen (secondary N) is 1. The highest BCUT2D eigenvalue weighted by molar-refractivity contribution is 7.15. The van der Waals surface area contributed by atoms with Crippen LogP contribution < -0.4 is 5.32 Å². The van der Waals surface area contributed by atoms with E-state index in [0.717, 1.165) is 15.6 Å². The van der Waals surface area contributed by atoms with Crippen molar-refractivity contribution in [2.24, 2.45) is 0 Å². The van der Waals surface area contributed by atoms with Crippen LogP contribution in [-0.2, 0) is 0 Å². The fourth-order valence-corrected chi connectivity index (χ4v) is 3.72. The van der Waals surface area contributed by atoms with E-state index >= 15 is 0 Å². The SMILES string of the molecule is C#Cc1cnc(-c2ccc(C(C)C#N)s2)nc1Nc1cc(C2CC2)ccn1. The van der Waals surface area contributed by atoms with Crippen LogP contribution in [0, 0.1) is 23.7 Å². The highest BCUT2D eigenvalue weighted by Gasteiger charge is 2.23. The van der Waals surface area contributed by atoms with Crippen molar-refractivity contribution in [2.45, 2.75) is 31.6 Å². The number of hydrogen-bond donors (Lipinski definition) is 1. The monoisotopic (exact) mass is 371 g/mol. The molecule has 1 N–H and O–H groups in total. The molecular weight excluding hydrogens is 354 g/mol. The lowest BCUT2D eigenvalue weighted by Crippen LogP contribution is -2.02. The molecule has 0 spiro atoms. The average Bonchev–Trinajstić information content (AvgIpc) is 3.44. The Hall–Kier alpha value is -3.22. The number of rotatable bonds is 5. The molecular formula is C21H17N5S. The molecule has 0 saturated heterocycles. The predicted molar refractivity (Wildman–Crippen MR) is 107 cm³/mol. The van der Waals surface area contributed by atoms with Gasteiger partial charge < -0.3 is 5.32 Å². The number of terminal acetylenes is 1. The molecule has 3 aromatic heterocycles. The van der Waals surface area contributed by atoms with Gasteiger partial charge in [-0.15, -0.1) is 17.8 Å². The molecule has 1 atom stereocenters. The summed E-state index contributed by atoms with van der Waals surface area (Å²) in [6, 6.07) is 10.2. The molecule has 1 unspecified atom stereocenters. The summed E-state index contributed by atoms with van der Waals surface area (Å²) in [5.74, 6) is 4.98. The van der Waals surface area contributed by atoms with Crippen LogP contribution in [0.5, 0.6) is 0 Å². The fraction of sp³-hybridized carbons (Fsp3) is 0.238. The van der Waals surface area contributed by atoms with Crippen molar-refractivity contribution in [1.82, 2.24) is 15.0 Å². The summed E-state index contributed by atoms with van der Waals surface area (Å²) in [6.07, 6.45) is 11.5. The van der Waals surface area contributed by atoms with E-state index in [1.165, 1.54) is 29.7 Å². The third-order valence-electron chi connectivity index (χ3n) is 4.49. The summed E-state index contributed by atoms with van der Waals surface area (Å²) >= 11 is 1.52. The van der Waals surface area contributed by atoms with E-state index in [2.05, 4.69) is 44.4 Å². The molecule has 5 nitrogen and oxygen atoms in total. The number of nitrogens with zero attached hydrogens (tertiary/aromatic N) is 4. The maximum atomic E-state index is 9.10. The number of hydrogen-bond acceptors (Lipinski definition) is 6. The van der Waals surface area contributed by atoms with Crippen molar-refractivity contribution in [3.63, 3.8) is 0 Å². The fourth-order valence-electron chi connectivity index (χ4n) is 2.78. The summed E-state index contributed by atoms with van der Waals surface area (Å²) in [5, 5.41) is 12.3. The van der Waals surface area contributed by atoms with Gasteiger partial charge in [0.1, 0.15) is 5.82 Å².